The van der Waals surface area contributed by atoms with Crippen molar-refractivity contribution in [3.63, 3.8) is 0 Å². The standard InChI is InChI=1S/C20H17FN2O4S/c21-17-5-2-1-4-15(17)13-28(25,26)22-16-8-7-14-9-10-23(18(14)12-16)20(24)19-6-3-11-27-19/h1-8,11-12,22H,9-10,13H2. The average Bonchev–Trinajstić information content (AvgIpc) is 3.32. The second-order valence-corrected chi connectivity index (χ2v) is 8.20. The van der Waals surface area contributed by atoms with Crippen LogP contribution in [0.4, 0.5) is 15.8 Å². The quantitative estimate of drug-likeness (QED) is 0.710. The first kappa shape index (κ1) is 18.2. The van der Waals surface area contributed by atoms with E-state index in [1.54, 1.807) is 41.3 Å². The van der Waals surface area contributed by atoms with Crippen LogP contribution >= 0.6 is 0 Å². The van der Waals surface area contributed by atoms with Crippen LogP contribution in [0.2, 0.25) is 0 Å². The molecule has 0 saturated heterocycles. The highest BCUT2D eigenvalue weighted by atomic mass is 32.2. The molecule has 0 aliphatic carbocycles. The van der Waals surface area contributed by atoms with Crippen molar-refractivity contribution in [2.75, 3.05) is 16.2 Å². The molecule has 4 rings (SSSR count). The van der Waals surface area contributed by atoms with Gasteiger partial charge in [0.15, 0.2) is 5.76 Å². The summed E-state index contributed by atoms with van der Waals surface area (Å²) in [4.78, 5) is 14.2. The van der Waals surface area contributed by atoms with Gasteiger partial charge in [0.1, 0.15) is 5.82 Å². The van der Waals surface area contributed by atoms with Gasteiger partial charge < -0.3 is 9.32 Å². The molecule has 0 radical (unpaired) electrons. The van der Waals surface area contributed by atoms with E-state index < -0.39 is 21.6 Å². The molecule has 3 aromatic rings. The second kappa shape index (κ2) is 7.12. The highest BCUT2D eigenvalue weighted by molar-refractivity contribution is 7.91. The normalized spacial score (nSPS) is 13.4. The third-order valence-electron chi connectivity index (χ3n) is 4.53. The van der Waals surface area contributed by atoms with Gasteiger partial charge in [0, 0.05) is 17.8 Å². The average molecular weight is 400 g/mol. The molecule has 1 aliphatic heterocycles. The van der Waals surface area contributed by atoms with Crippen LogP contribution in [0.5, 0.6) is 0 Å². The predicted molar refractivity (Wildman–Crippen MR) is 103 cm³/mol. The molecule has 0 fully saturated rings. The number of hydrogen-bond donors (Lipinski definition) is 1. The maximum atomic E-state index is 13.8. The first-order valence-corrected chi connectivity index (χ1v) is 10.3. The number of anilines is 2. The summed E-state index contributed by atoms with van der Waals surface area (Å²) in [6, 6.07) is 14.0. The first-order chi connectivity index (χ1) is 13.4. The van der Waals surface area contributed by atoms with Crippen molar-refractivity contribution in [3.8, 4) is 0 Å². The minimum absolute atomic E-state index is 0.0887. The van der Waals surface area contributed by atoms with Crippen LogP contribution in [0.25, 0.3) is 0 Å². The van der Waals surface area contributed by atoms with Crippen LogP contribution in [0.1, 0.15) is 21.7 Å². The van der Waals surface area contributed by atoms with E-state index in [0.29, 0.717) is 24.3 Å². The zero-order chi connectivity index (χ0) is 19.7. The molecule has 0 unspecified atom stereocenters. The number of hydrogen-bond acceptors (Lipinski definition) is 4. The predicted octanol–water partition coefficient (Wildman–Crippen LogP) is 3.56. The summed E-state index contributed by atoms with van der Waals surface area (Å²) >= 11 is 0. The van der Waals surface area contributed by atoms with E-state index in [1.807, 2.05) is 0 Å². The number of benzene rings is 2. The fourth-order valence-electron chi connectivity index (χ4n) is 3.22. The number of furan rings is 1. The number of sulfonamides is 1. The molecule has 1 aliphatic rings. The van der Waals surface area contributed by atoms with Crippen LogP contribution in [0, 0.1) is 5.82 Å². The number of nitrogens with one attached hydrogen (secondary N) is 1. The highest BCUT2D eigenvalue weighted by Crippen LogP contribution is 2.32. The fraction of sp³-hybridized carbons (Fsp3) is 0.150. The van der Waals surface area contributed by atoms with Gasteiger partial charge in [0.05, 0.1) is 17.7 Å². The van der Waals surface area contributed by atoms with Crippen LogP contribution in [0.3, 0.4) is 0 Å². The summed E-state index contributed by atoms with van der Waals surface area (Å²) in [7, 11) is -3.82. The number of carbonyl (C=O) groups excluding carboxylic acids is 1. The third-order valence-corrected chi connectivity index (χ3v) is 5.77. The van der Waals surface area contributed by atoms with Crippen molar-refractivity contribution in [2.45, 2.75) is 12.2 Å². The van der Waals surface area contributed by atoms with Crippen LogP contribution < -0.4 is 9.62 Å². The largest absolute Gasteiger partial charge is 0.459 e. The Morgan fingerprint density at radius 2 is 1.96 bits per heavy atom. The summed E-state index contributed by atoms with van der Waals surface area (Å²) in [6.07, 6.45) is 2.10. The lowest BCUT2D eigenvalue weighted by Gasteiger charge is -2.17. The van der Waals surface area contributed by atoms with Crippen molar-refractivity contribution in [3.05, 3.63) is 83.6 Å². The number of amides is 1. The van der Waals surface area contributed by atoms with Gasteiger partial charge in [-0.05, 0) is 42.3 Å². The second-order valence-electron chi connectivity index (χ2n) is 6.48. The van der Waals surface area contributed by atoms with Crippen molar-refractivity contribution >= 4 is 27.3 Å². The number of rotatable bonds is 5. The SMILES string of the molecule is O=C(c1ccco1)N1CCc2ccc(NS(=O)(=O)Cc3ccccc3F)cc21. The van der Waals surface area contributed by atoms with Gasteiger partial charge in [-0.25, -0.2) is 12.8 Å². The molecule has 144 valence electrons. The van der Waals surface area contributed by atoms with Gasteiger partial charge in [0.25, 0.3) is 5.91 Å². The summed E-state index contributed by atoms with van der Waals surface area (Å²) in [5.74, 6) is -1.11. The molecule has 0 saturated carbocycles. The Morgan fingerprint density at radius 3 is 2.71 bits per heavy atom. The topological polar surface area (TPSA) is 79.6 Å². The van der Waals surface area contributed by atoms with E-state index in [1.165, 1.54) is 24.5 Å². The minimum atomic E-state index is -3.82. The Morgan fingerprint density at radius 1 is 1.14 bits per heavy atom. The van der Waals surface area contributed by atoms with Crippen molar-refractivity contribution < 1.29 is 22.0 Å². The smallest absolute Gasteiger partial charge is 0.293 e. The molecule has 0 spiro atoms. The van der Waals surface area contributed by atoms with Gasteiger partial charge in [-0.1, -0.05) is 24.3 Å². The first-order valence-electron chi connectivity index (χ1n) is 8.65. The van der Waals surface area contributed by atoms with Gasteiger partial charge in [0.2, 0.25) is 10.0 Å². The van der Waals surface area contributed by atoms with Crippen molar-refractivity contribution in [2.24, 2.45) is 0 Å². The van der Waals surface area contributed by atoms with Gasteiger partial charge in [-0.15, -0.1) is 0 Å². The van der Waals surface area contributed by atoms with E-state index >= 15 is 0 Å². The number of halogens is 1. The monoisotopic (exact) mass is 400 g/mol. The van der Waals surface area contributed by atoms with E-state index in [2.05, 4.69) is 4.72 Å². The summed E-state index contributed by atoms with van der Waals surface area (Å²) in [5.41, 5.74) is 1.98. The van der Waals surface area contributed by atoms with Crippen LogP contribution in [0.15, 0.2) is 65.3 Å². The van der Waals surface area contributed by atoms with E-state index in [4.69, 9.17) is 4.42 Å². The lowest BCUT2D eigenvalue weighted by molar-refractivity contribution is 0.0963. The molecule has 28 heavy (non-hydrogen) atoms. The van der Waals surface area contributed by atoms with Crippen LogP contribution in [-0.4, -0.2) is 20.9 Å². The molecule has 1 amide bonds. The summed E-state index contributed by atoms with van der Waals surface area (Å²) in [5, 5.41) is 0. The third kappa shape index (κ3) is 3.63. The van der Waals surface area contributed by atoms with Gasteiger partial charge in [-0.2, -0.15) is 0 Å². The Kier molecular flexibility index (Phi) is 4.64. The lowest BCUT2D eigenvalue weighted by Crippen LogP contribution is -2.28. The number of nitrogens with zero attached hydrogens (tertiary/aromatic N) is 1. The molecule has 0 atom stereocenters. The maximum absolute atomic E-state index is 13.8. The fourth-order valence-corrected chi connectivity index (χ4v) is 4.42. The van der Waals surface area contributed by atoms with Gasteiger partial charge in [-0.3, -0.25) is 9.52 Å². The Hall–Kier alpha value is -3.13. The van der Waals surface area contributed by atoms with E-state index in [9.17, 15) is 17.6 Å². The molecule has 2 heterocycles. The van der Waals surface area contributed by atoms with E-state index in [-0.39, 0.29) is 17.2 Å². The molecular weight excluding hydrogens is 383 g/mol. The number of carbonyl (C=O) groups is 1. The van der Waals surface area contributed by atoms with Gasteiger partial charge >= 0.3 is 0 Å². The molecule has 6 nitrogen and oxygen atoms in total. The summed E-state index contributed by atoms with van der Waals surface area (Å²) < 4.78 is 46.3. The molecular formula is C20H17FN2O4S. The van der Waals surface area contributed by atoms with Crippen LogP contribution in [-0.2, 0) is 22.2 Å². The lowest BCUT2D eigenvalue weighted by atomic mass is 10.1. The Balaban J connectivity index is 1.56. The molecule has 8 heteroatoms. The van der Waals surface area contributed by atoms with Crippen molar-refractivity contribution in [1.29, 1.82) is 0 Å². The molecule has 0 bridgehead atoms. The zero-order valence-corrected chi connectivity index (χ0v) is 15.6. The zero-order valence-electron chi connectivity index (χ0n) is 14.8. The number of fused-ring (bicyclic) bond motifs is 1. The minimum Gasteiger partial charge on any atom is -0.459 e. The molecule has 1 N–H and O–H groups in total. The van der Waals surface area contributed by atoms with E-state index in [0.717, 1.165) is 5.56 Å². The highest BCUT2D eigenvalue weighted by Gasteiger charge is 2.27. The maximum Gasteiger partial charge on any atom is 0.293 e. The Labute approximate surface area is 161 Å². The summed E-state index contributed by atoms with van der Waals surface area (Å²) in [6.45, 7) is 0.486. The molecule has 1 aromatic heterocycles. The van der Waals surface area contributed by atoms with Crippen molar-refractivity contribution in [1.82, 2.24) is 0 Å². The Bertz CT molecular complexity index is 1130. The molecule has 2 aromatic carbocycles.